The van der Waals surface area contributed by atoms with Gasteiger partial charge >= 0.3 is 0 Å². The lowest BCUT2D eigenvalue weighted by atomic mass is 10.0. The van der Waals surface area contributed by atoms with Gasteiger partial charge in [0.2, 0.25) is 0 Å². The summed E-state index contributed by atoms with van der Waals surface area (Å²) in [4.78, 5) is 0. The lowest BCUT2D eigenvalue weighted by Gasteiger charge is -2.24. The Morgan fingerprint density at radius 2 is 1.94 bits per heavy atom. The van der Waals surface area contributed by atoms with E-state index in [9.17, 15) is 0 Å². The third-order valence-electron chi connectivity index (χ3n) is 3.41. The lowest BCUT2D eigenvalue weighted by molar-refractivity contribution is 0.145. The van der Waals surface area contributed by atoms with Gasteiger partial charge in [0.15, 0.2) is 0 Å². The van der Waals surface area contributed by atoms with Crippen molar-refractivity contribution in [1.82, 2.24) is 5.32 Å². The van der Waals surface area contributed by atoms with Crippen molar-refractivity contribution >= 4 is 0 Å². The summed E-state index contributed by atoms with van der Waals surface area (Å²) in [5.74, 6) is 0.262. The summed E-state index contributed by atoms with van der Waals surface area (Å²) in [5.41, 5.74) is 0. The fraction of sp³-hybridized carbons (Fsp3) is 0.923. The van der Waals surface area contributed by atoms with E-state index >= 15 is 0 Å². The highest BCUT2D eigenvalue weighted by Crippen LogP contribution is 2.18. The molecule has 16 heavy (non-hydrogen) atoms. The fourth-order valence-corrected chi connectivity index (χ4v) is 2.39. The number of nitrogens with zero attached hydrogens (tertiary/aromatic N) is 1. The van der Waals surface area contributed by atoms with E-state index in [0.717, 1.165) is 0 Å². The third-order valence-corrected chi connectivity index (χ3v) is 3.41. The number of nitrogens with one attached hydrogen (secondary N) is 1. The van der Waals surface area contributed by atoms with Gasteiger partial charge in [0.1, 0.15) is 6.04 Å². The lowest BCUT2D eigenvalue weighted by Crippen LogP contribution is -2.42. The number of rotatable bonds is 5. The van der Waals surface area contributed by atoms with Crippen LogP contribution < -0.4 is 5.32 Å². The monoisotopic (exact) mass is 224 g/mol. The topological polar surface area (TPSA) is 45.0 Å². The van der Waals surface area contributed by atoms with E-state index in [-0.39, 0.29) is 12.0 Å². The third kappa shape index (κ3) is 4.51. The smallest absolute Gasteiger partial charge is 0.100 e. The molecule has 3 nitrogen and oxygen atoms in total. The number of methoxy groups -OCH3 is 1. The predicted molar refractivity (Wildman–Crippen MR) is 65.1 cm³/mol. The molecule has 0 heterocycles. The second-order valence-corrected chi connectivity index (χ2v) is 4.89. The van der Waals surface area contributed by atoms with Gasteiger partial charge in [-0.2, -0.15) is 5.26 Å². The first kappa shape index (κ1) is 13.5. The van der Waals surface area contributed by atoms with Gasteiger partial charge in [-0.05, 0) is 12.8 Å². The minimum Gasteiger partial charge on any atom is -0.384 e. The van der Waals surface area contributed by atoms with Crippen molar-refractivity contribution in [3.05, 3.63) is 0 Å². The second kappa shape index (κ2) is 7.65. The van der Waals surface area contributed by atoms with E-state index in [4.69, 9.17) is 10.00 Å². The molecule has 1 saturated carbocycles. The molecule has 0 aromatic carbocycles. The van der Waals surface area contributed by atoms with E-state index in [1.807, 2.05) is 0 Å². The van der Waals surface area contributed by atoms with Gasteiger partial charge in [0.05, 0.1) is 12.7 Å². The second-order valence-electron chi connectivity index (χ2n) is 4.89. The zero-order valence-electron chi connectivity index (χ0n) is 10.5. The van der Waals surface area contributed by atoms with Gasteiger partial charge in [-0.1, -0.05) is 32.6 Å². The van der Waals surface area contributed by atoms with Gasteiger partial charge in [0.25, 0.3) is 0 Å². The normalized spacial score (nSPS) is 22.1. The van der Waals surface area contributed by atoms with Crippen LogP contribution in [0.25, 0.3) is 0 Å². The van der Waals surface area contributed by atoms with Crippen LogP contribution in [0.2, 0.25) is 0 Å². The highest BCUT2D eigenvalue weighted by molar-refractivity contribution is 4.95. The first-order valence-electron chi connectivity index (χ1n) is 6.42. The van der Waals surface area contributed by atoms with Gasteiger partial charge in [0, 0.05) is 19.1 Å². The summed E-state index contributed by atoms with van der Waals surface area (Å²) in [5, 5.41) is 12.6. The highest BCUT2D eigenvalue weighted by atomic mass is 16.5. The zero-order chi connectivity index (χ0) is 11.8. The van der Waals surface area contributed by atoms with Gasteiger partial charge in [-0.25, -0.2) is 0 Å². The molecule has 0 bridgehead atoms. The quantitative estimate of drug-likeness (QED) is 0.730. The van der Waals surface area contributed by atoms with Gasteiger partial charge < -0.3 is 4.74 Å². The van der Waals surface area contributed by atoms with Crippen LogP contribution in [0.15, 0.2) is 0 Å². The Balaban J connectivity index is 2.39. The summed E-state index contributed by atoms with van der Waals surface area (Å²) in [6.45, 7) is 2.72. The molecule has 0 aromatic rings. The van der Waals surface area contributed by atoms with Crippen molar-refractivity contribution in [3.63, 3.8) is 0 Å². The first-order chi connectivity index (χ1) is 7.77. The van der Waals surface area contributed by atoms with Gasteiger partial charge in [-0.15, -0.1) is 0 Å². The fourth-order valence-electron chi connectivity index (χ4n) is 2.39. The SMILES string of the molecule is COCC(C)C(C#N)NC1CCCCCC1. The molecule has 1 N–H and O–H groups in total. The van der Waals surface area contributed by atoms with Crippen LogP contribution in [0, 0.1) is 17.2 Å². The van der Waals surface area contributed by atoms with E-state index in [1.165, 1.54) is 38.5 Å². The molecule has 1 fully saturated rings. The molecule has 2 atom stereocenters. The van der Waals surface area contributed by atoms with E-state index in [2.05, 4.69) is 18.3 Å². The van der Waals surface area contributed by atoms with Crippen molar-refractivity contribution in [2.24, 2.45) is 5.92 Å². The molecular weight excluding hydrogens is 200 g/mol. The summed E-state index contributed by atoms with van der Waals surface area (Å²) >= 11 is 0. The molecule has 1 aliphatic rings. The molecule has 2 unspecified atom stereocenters. The molecule has 0 aliphatic heterocycles. The van der Waals surface area contributed by atoms with Crippen LogP contribution >= 0.6 is 0 Å². The molecule has 1 rings (SSSR count). The molecule has 1 aliphatic carbocycles. The molecule has 92 valence electrons. The zero-order valence-corrected chi connectivity index (χ0v) is 10.5. The first-order valence-corrected chi connectivity index (χ1v) is 6.42. The largest absolute Gasteiger partial charge is 0.384 e. The van der Waals surface area contributed by atoms with Crippen LogP contribution in [0.5, 0.6) is 0 Å². The minimum absolute atomic E-state index is 0.0666. The summed E-state index contributed by atoms with van der Waals surface area (Å²) in [6.07, 6.45) is 7.74. The van der Waals surface area contributed by atoms with Crippen molar-refractivity contribution in [2.45, 2.75) is 57.5 Å². The van der Waals surface area contributed by atoms with Crippen molar-refractivity contribution < 1.29 is 4.74 Å². The maximum absolute atomic E-state index is 9.16. The van der Waals surface area contributed by atoms with Gasteiger partial charge in [-0.3, -0.25) is 5.32 Å². The van der Waals surface area contributed by atoms with Crippen LogP contribution in [0.4, 0.5) is 0 Å². The van der Waals surface area contributed by atoms with E-state index in [1.54, 1.807) is 7.11 Å². The van der Waals surface area contributed by atoms with Crippen LogP contribution in [0.3, 0.4) is 0 Å². The maximum Gasteiger partial charge on any atom is 0.100 e. The van der Waals surface area contributed by atoms with Crippen LogP contribution in [0.1, 0.15) is 45.4 Å². The minimum atomic E-state index is -0.0666. The Morgan fingerprint density at radius 1 is 1.31 bits per heavy atom. The average Bonchev–Trinajstić information content (AvgIpc) is 2.54. The predicted octanol–water partition coefficient (Wildman–Crippen LogP) is 2.47. The standard InChI is InChI=1S/C13H24N2O/c1-11(10-16-2)13(9-14)15-12-7-5-3-4-6-8-12/h11-13,15H,3-8,10H2,1-2H3. The summed E-state index contributed by atoms with van der Waals surface area (Å²) < 4.78 is 5.11. The number of ether oxygens (including phenoxy) is 1. The average molecular weight is 224 g/mol. The molecular formula is C13H24N2O. The van der Waals surface area contributed by atoms with Crippen LogP contribution in [-0.2, 0) is 4.74 Å². The summed E-state index contributed by atoms with van der Waals surface area (Å²) in [6, 6.07) is 2.83. The Labute approximate surface area is 99.2 Å². The van der Waals surface area contributed by atoms with Crippen LogP contribution in [-0.4, -0.2) is 25.8 Å². The maximum atomic E-state index is 9.16. The number of hydrogen-bond acceptors (Lipinski definition) is 3. The molecule has 3 heteroatoms. The van der Waals surface area contributed by atoms with Crippen molar-refractivity contribution in [3.8, 4) is 6.07 Å². The number of hydrogen-bond donors (Lipinski definition) is 1. The Bertz CT molecular complexity index is 216. The molecule has 0 spiro atoms. The number of nitriles is 1. The Morgan fingerprint density at radius 3 is 2.44 bits per heavy atom. The van der Waals surface area contributed by atoms with E-state index in [0.29, 0.717) is 12.6 Å². The highest BCUT2D eigenvalue weighted by Gasteiger charge is 2.21. The molecule has 0 radical (unpaired) electrons. The Hall–Kier alpha value is -0.590. The van der Waals surface area contributed by atoms with E-state index < -0.39 is 0 Å². The van der Waals surface area contributed by atoms with Crippen molar-refractivity contribution in [1.29, 1.82) is 5.26 Å². The Kier molecular flexibility index (Phi) is 6.44. The summed E-state index contributed by atoms with van der Waals surface area (Å²) in [7, 11) is 1.69. The molecule has 0 amide bonds. The molecule has 0 saturated heterocycles. The van der Waals surface area contributed by atoms with Crippen molar-refractivity contribution in [2.75, 3.05) is 13.7 Å². The molecule has 0 aromatic heterocycles.